The molecule has 0 aromatic heterocycles. The Bertz CT molecular complexity index is 1320. The zero-order valence-electron chi connectivity index (χ0n) is 22.5. The van der Waals surface area contributed by atoms with Gasteiger partial charge >= 0.3 is 0 Å². The molecule has 0 amide bonds. The molecular formula is C34H34O5S. The van der Waals surface area contributed by atoms with Gasteiger partial charge in [-0.15, -0.1) is 0 Å². The quantitative estimate of drug-likeness (QED) is 0.220. The first-order valence-corrected chi connectivity index (χ1v) is 14.6. The zero-order chi connectivity index (χ0) is 27.1. The summed E-state index contributed by atoms with van der Waals surface area (Å²) in [6, 6.07) is 39.0. The molecule has 4 aromatic rings. The summed E-state index contributed by atoms with van der Waals surface area (Å²) in [6.45, 7) is 3.39. The molecule has 2 aliphatic heterocycles. The van der Waals surface area contributed by atoms with Gasteiger partial charge in [-0.3, -0.25) is 0 Å². The molecule has 1 unspecified atom stereocenters. The van der Waals surface area contributed by atoms with E-state index >= 15 is 0 Å². The first-order chi connectivity index (χ1) is 19.7. The van der Waals surface area contributed by atoms with E-state index in [1.807, 2.05) is 66.7 Å². The maximum absolute atomic E-state index is 6.71. The van der Waals surface area contributed by atoms with Gasteiger partial charge in [-0.05, 0) is 30.2 Å². The van der Waals surface area contributed by atoms with E-state index in [2.05, 4.69) is 55.5 Å². The Morgan fingerprint density at radius 2 is 1.25 bits per heavy atom. The molecule has 0 aliphatic carbocycles. The minimum atomic E-state index is -0.495. The van der Waals surface area contributed by atoms with E-state index in [1.54, 1.807) is 11.8 Å². The van der Waals surface area contributed by atoms with Crippen LogP contribution in [0.15, 0.2) is 120 Å². The fourth-order valence-electron chi connectivity index (χ4n) is 5.07. The highest BCUT2D eigenvalue weighted by Gasteiger charge is 2.51. The highest BCUT2D eigenvalue weighted by molar-refractivity contribution is 7.99. The van der Waals surface area contributed by atoms with E-state index in [1.165, 1.54) is 5.56 Å². The van der Waals surface area contributed by atoms with Gasteiger partial charge in [0, 0.05) is 10.5 Å². The molecule has 40 heavy (non-hydrogen) atoms. The van der Waals surface area contributed by atoms with Crippen molar-refractivity contribution >= 4 is 11.8 Å². The van der Waals surface area contributed by atoms with Crippen molar-refractivity contribution in [3.63, 3.8) is 0 Å². The van der Waals surface area contributed by atoms with Crippen molar-refractivity contribution in [1.29, 1.82) is 0 Å². The molecule has 0 radical (unpaired) electrons. The average Bonchev–Trinajstić information content (AvgIpc) is 3.01. The molecular weight excluding hydrogens is 520 g/mol. The number of hydrogen-bond acceptors (Lipinski definition) is 6. The van der Waals surface area contributed by atoms with Crippen molar-refractivity contribution in [1.82, 2.24) is 0 Å². The number of fused-ring (bicyclic) bond motifs is 1. The number of thioether (sulfide) groups is 1. The van der Waals surface area contributed by atoms with Crippen molar-refractivity contribution in [3.8, 4) is 0 Å². The van der Waals surface area contributed by atoms with Crippen molar-refractivity contribution in [2.24, 2.45) is 0 Å². The predicted octanol–water partition coefficient (Wildman–Crippen LogP) is 7.10. The molecule has 0 saturated carbocycles. The number of rotatable bonds is 9. The molecule has 2 fully saturated rings. The van der Waals surface area contributed by atoms with Crippen LogP contribution in [0.4, 0.5) is 0 Å². The van der Waals surface area contributed by atoms with Gasteiger partial charge < -0.3 is 23.7 Å². The molecule has 2 saturated heterocycles. The summed E-state index contributed by atoms with van der Waals surface area (Å²) in [5.74, 6) is 0. The maximum Gasteiger partial charge on any atom is 0.184 e. The topological polar surface area (TPSA) is 46.2 Å². The van der Waals surface area contributed by atoms with Crippen LogP contribution < -0.4 is 0 Å². The van der Waals surface area contributed by atoms with E-state index in [4.69, 9.17) is 23.7 Å². The lowest BCUT2D eigenvalue weighted by Gasteiger charge is -2.49. The molecule has 5 nitrogen and oxygen atoms in total. The Balaban J connectivity index is 1.30. The Hall–Kier alpha value is -2.97. The minimum Gasteiger partial charge on any atom is -0.368 e. The van der Waals surface area contributed by atoms with Crippen molar-refractivity contribution in [3.05, 3.63) is 138 Å². The number of ether oxygens (including phenoxy) is 5. The van der Waals surface area contributed by atoms with Crippen LogP contribution in [0.5, 0.6) is 0 Å². The predicted molar refractivity (Wildman–Crippen MR) is 156 cm³/mol. The molecule has 6 atom stereocenters. The zero-order valence-corrected chi connectivity index (χ0v) is 23.3. The standard InChI is InChI=1S/C34H34O5S/c1-24-17-19-28(20-18-24)40-34-32(36-22-26-13-7-3-8-14-26)31(35-21-25-11-5-2-6-12-25)30-29(38-34)23-37-33(39-30)27-15-9-4-10-16-27/h2-20,29-34H,21-23H2,1H3/t29-,30-,31+,32-,33?,34+/m1/s1. The lowest BCUT2D eigenvalue weighted by Crippen LogP contribution is -2.62. The third-order valence-corrected chi connectivity index (χ3v) is 8.36. The fraction of sp³-hybridized carbons (Fsp3) is 0.294. The van der Waals surface area contributed by atoms with E-state index in [-0.39, 0.29) is 29.9 Å². The summed E-state index contributed by atoms with van der Waals surface area (Å²) in [5.41, 5.74) is 4.08. The van der Waals surface area contributed by atoms with Crippen LogP contribution in [0, 0.1) is 6.92 Å². The minimum absolute atomic E-state index is 0.291. The smallest absolute Gasteiger partial charge is 0.184 e. The summed E-state index contributed by atoms with van der Waals surface area (Å²) in [7, 11) is 0. The molecule has 4 aromatic carbocycles. The van der Waals surface area contributed by atoms with Gasteiger partial charge in [-0.2, -0.15) is 0 Å². The van der Waals surface area contributed by atoms with E-state index < -0.39 is 6.29 Å². The molecule has 2 heterocycles. The molecule has 0 bridgehead atoms. The van der Waals surface area contributed by atoms with Gasteiger partial charge in [0.05, 0.1) is 19.8 Å². The molecule has 6 heteroatoms. The van der Waals surface area contributed by atoms with Gasteiger partial charge in [-0.1, -0.05) is 120 Å². The van der Waals surface area contributed by atoms with Crippen LogP contribution in [-0.2, 0) is 36.9 Å². The van der Waals surface area contributed by atoms with E-state index in [0.717, 1.165) is 21.6 Å². The van der Waals surface area contributed by atoms with Crippen molar-refractivity contribution in [2.45, 2.75) is 61.2 Å². The molecule has 0 N–H and O–H groups in total. The second-order valence-electron chi connectivity index (χ2n) is 10.2. The first kappa shape index (κ1) is 27.2. The third kappa shape index (κ3) is 6.66. The second-order valence-corrected chi connectivity index (χ2v) is 11.3. The lowest BCUT2D eigenvalue weighted by molar-refractivity contribution is -0.329. The van der Waals surface area contributed by atoms with Gasteiger partial charge in [0.25, 0.3) is 0 Å². The van der Waals surface area contributed by atoms with Gasteiger partial charge in [0.2, 0.25) is 0 Å². The maximum atomic E-state index is 6.71. The number of benzene rings is 4. The van der Waals surface area contributed by atoms with E-state index in [0.29, 0.717) is 19.8 Å². The second kappa shape index (κ2) is 13.1. The van der Waals surface area contributed by atoms with Crippen LogP contribution in [-0.4, -0.2) is 36.5 Å². The van der Waals surface area contributed by atoms with Crippen LogP contribution in [0.25, 0.3) is 0 Å². The highest BCUT2D eigenvalue weighted by atomic mass is 32.2. The first-order valence-electron chi connectivity index (χ1n) is 13.7. The van der Waals surface area contributed by atoms with E-state index in [9.17, 15) is 0 Å². The molecule has 0 spiro atoms. The molecule has 6 rings (SSSR count). The Morgan fingerprint density at radius 3 is 1.88 bits per heavy atom. The Kier molecular flexibility index (Phi) is 8.93. The van der Waals surface area contributed by atoms with Crippen molar-refractivity contribution in [2.75, 3.05) is 6.61 Å². The largest absolute Gasteiger partial charge is 0.368 e. The summed E-state index contributed by atoms with van der Waals surface area (Å²) in [5, 5.41) is 0. The summed E-state index contributed by atoms with van der Waals surface area (Å²) in [6.07, 6.45) is -1.91. The van der Waals surface area contributed by atoms with Gasteiger partial charge in [-0.25, -0.2) is 0 Å². The van der Waals surface area contributed by atoms with Crippen LogP contribution in [0.1, 0.15) is 28.5 Å². The summed E-state index contributed by atoms with van der Waals surface area (Å²) < 4.78 is 32.9. The van der Waals surface area contributed by atoms with Crippen LogP contribution in [0.3, 0.4) is 0 Å². The van der Waals surface area contributed by atoms with Gasteiger partial charge in [0.15, 0.2) is 6.29 Å². The Morgan fingerprint density at radius 1 is 0.675 bits per heavy atom. The SMILES string of the molecule is Cc1ccc(S[C@@H]2O[C@@H]3COC(c4ccccc4)O[C@H]3[C@H](OCc3ccccc3)[C@H]2OCc2ccccc2)cc1. The van der Waals surface area contributed by atoms with Crippen LogP contribution in [0.2, 0.25) is 0 Å². The fourth-order valence-corrected chi connectivity index (χ4v) is 6.20. The molecule has 206 valence electrons. The summed E-state index contributed by atoms with van der Waals surface area (Å²) in [4.78, 5) is 1.11. The normalized spacial score (nSPS) is 26.2. The van der Waals surface area contributed by atoms with Crippen molar-refractivity contribution < 1.29 is 23.7 Å². The lowest BCUT2D eigenvalue weighted by atomic mass is 9.98. The van der Waals surface area contributed by atoms with Gasteiger partial charge in [0.1, 0.15) is 29.9 Å². The average molecular weight is 555 g/mol. The monoisotopic (exact) mass is 554 g/mol. The number of hydrogen-bond donors (Lipinski definition) is 0. The summed E-state index contributed by atoms with van der Waals surface area (Å²) >= 11 is 1.66. The molecule has 2 aliphatic rings. The Labute approximate surface area is 240 Å². The third-order valence-electron chi connectivity index (χ3n) is 7.20. The number of aryl methyl sites for hydroxylation is 1. The highest BCUT2D eigenvalue weighted by Crippen LogP contribution is 2.41. The van der Waals surface area contributed by atoms with Crippen LogP contribution >= 0.6 is 11.8 Å².